The van der Waals surface area contributed by atoms with Crippen LogP contribution in [0.3, 0.4) is 0 Å². The molecule has 1 N–H and O–H groups in total. The summed E-state index contributed by atoms with van der Waals surface area (Å²) in [5.41, 5.74) is 0. The monoisotopic (exact) mass is 250 g/mol. The summed E-state index contributed by atoms with van der Waals surface area (Å²) in [6, 6.07) is 0. The van der Waals surface area contributed by atoms with Crippen LogP contribution in [0.1, 0.15) is 6.92 Å². The summed E-state index contributed by atoms with van der Waals surface area (Å²) >= 11 is 0. The molecule has 0 heterocycles. The quantitative estimate of drug-likeness (QED) is 0.661. The molecule has 0 spiro atoms. The van der Waals surface area contributed by atoms with Crippen LogP contribution in [0.25, 0.3) is 0 Å². The van der Waals surface area contributed by atoms with Crippen molar-refractivity contribution in [2.24, 2.45) is 0 Å². The minimum Gasteiger partial charge on any atom is -0.286 e. The van der Waals surface area contributed by atoms with Gasteiger partial charge in [0.1, 0.15) is 0 Å². The summed E-state index contributed by atoms with van der Waals surface area (Å²) < 4.78 is 26.9. The Labute approximate surface area is 76.6 Å². The molecular weight excluding hydrogens is 244 g/mol. The molecule has 42 valence electrons. The second-order valence-electron chi connectivity index (χ2n) is 0.871. The molecule has 0 fully saturated rings. The van der Waals surface area contributed by atoms with Gasteiger partial charge in [-0.2, -0.15) is 8.42 Å². The number of hydrogen-bond donors (Lipinski definition) is 1. The molecule has 0 aliphatic heterocycles. The third-order valence-corrected chi connectivity index (χ3v) is 1.09. The maximum Gasteiger partial charge on any atom is 0.264 e. The first kappa shape index (κ1) is 11.1. The Kier molecular flexibility index (Phi) is 6.67. The van der Waals surface area contributed by atoms with Crippen molar-refractivity contribution in [3.63, 3.8) is 0 Å². The van der Waals surface area contributed by atoms with Crippen molar-refractivity contribution in [3.8, 4) is 0 Å². The fourth-order valence-electron chi connectivity index (χ4n) is 0. The van der Waals surface area contributed by atoms with E-state index in [4.69, 9.17) is 4.55 Å². The molecule has 5 heteroatoms. The average Bonchev–Trinajstić information content (AvgIpc) is 1.35. The summed E-state index contributed by atoms with van der Waals surface area (Å²) in [7, 11) is -3.66. The van der Waals surface area contributed by atoms with Crippen molar-refractivity contribution in [2.45, 2.75) is 6.92 Å². The van der Waals surface area contributed by atoms with Gasteiger partial charge in [0.15, 0.2) is 0 Å². The molecule has 0 aliphatic carbocycles. The van der Waals surface area contributed by atoms with E-state index < -0.39 is 10.1 Å². The van der Waals surface area contributed by atoms with Gasteiger partial charge in [-0.1, -0.05) is 0 Å². The maximum atomic E-state index is 9.56. The van der Waals surface area contributed by atoms with Gasteiger partial charge in [-0.3, -0.25) is 4.55 Å². The van der Waals surface area contributed by atoms with Crippen LogP contribution >= 0.6 is 0 Å². The first-order valence-electron chi connectivity index (χ1n) is 1.51. The van der Waals surface area contributed by atoms with Crippen LogP contribution in [0, 0.1) is 41.7 Å². The van der Waals surface area contributed by atoms with E-state index in [1.807, 2.05) is 0 Å². The van der Waals surface area contributed by atoms with Crippen LogP contribution < -0.4 is 0 Å². The Hall–Kier alpha value is 1.29. The van der Waals surface area contributed by atoms with Crippen molar-refractivity contribution >= 4 is 10.1 Å². The van der Waals surface area contributed by atoms with Crippen molar-refractivity contribution in [1.82, 2.24) is 0 Å². The van der Waals surface area contributed by atoms with Crippen LogP contribution in [0.4, 0.5) is 0 Å². The van der Waals surface area contributed by atoms with Gasteiger partial charge in [0.05, 0.1) is 5.75 Å². The van der Waals surface area contributed by atoms with Crippen LogP contribution in [0.2, 0.25) is 0 Å². The Balaban J connectivity index is 0. The van der Waals surface area contributed by atoms with Crippen LogP contribution in [0.15, 0.2) is 0 Å². The second kappa shape index (κ2) is 4.19. The van der Waals surface area contributed by atoms with Crippen molar-refractivity contribution in [2.75, 3.05) is 5.75 Å². The zero-order valence-electron chi connectivity index (χ0n) is 3.88. The standard InChI is InChI=1S/C2H6O3S.Ce/c1-2-6(3,4)5;/h2H2,1H3,(H,3,4,5);. The smallest absolute Gasteiger partial charge is 0.264 e. The van der Waals surface area contributed by atoms with Gasteiger partial charge in [0.25, 0.3) is 10.1 Å². The van der Waals surface area contributed by atoms with Gasteiger partial charge in [0, 0.05) is 41.7 Å². The molecule has 7 heavy (non-hydrogen) atoms. The van der Waals surface area contributed by atoms with Crippen LogP contribution in [0.5, 0.6) is 0 Å². The molecule has 0 unspecified atom stereocenters. The summed E-state index contributed by atoms with van der Waals surface area (Å²) in [5, 5.41) is 0. The summed E-state index contributed by atoms with van der Waals surface area (Å²) in [4.78, 5) is 0. The Morgan fingerprint density at radius 3 is 1.71 bits per heavy atom. The summed E-state index contributed by atoms with van der Waals surface area (Å²) in [6.07, 6.45) is 0. The van der Waals surface area contributed by atoms with Gasteiger partial charge in [-0.05, 0) is 6.92 Å². The SMILES string of the molecule is CCS(=O)(=O)O.[Ce]. The van der Waals surface area contributed by atoms with Crippen molar-refractivity contribution in [1.29, 1.82) is 0 Å². The molecular formula is C2H6CeO3S. The number of hydrogen-bond acceptors (Lipinski definition) is 2. The summed E-state index contributed by atoms with van der Waals surface area (Å²) in [5.74, 6) is -0.201. The zero-order valence-corrected chi connectivity index (χ0v) is 7.84. The van der Waals surface area contributed by atoms with Crippen molar-refractivity contribution < 1.29 is 54.7 Å². The van der Waals surface area contributed by atoms with Gasteiger partial charge in [0.2, 0.25) is 0 Å². The van der Waals surface area contributed by atoms with Gasteiger partial charge < -0.3 is 0 Å². The molecule has 0 saturated heterocycles. The Bertz CT molecular complexity index is 115. The van der Waals surface area contributed by atoms with Crippen molar-refractivity contribution in [3.05, 3.63) is 0 Å². The number of rotatable bonds is 1. The molecule has 3 nitrogen and oxygen atoms in total. The first-order chi connectivity index (χ1) is 2.56. The van der Waals surface area contributed by atoms with E-state index in [9.17, 15) is 8.42 Å². The van der Waals surface area contributed by atoms with E-state index in [1.54, 1.807) is 0 Å². The Morgan fingerprint density at radius 1 is 1.57 bits per heavy atom. The molecule has 0 rings (SSSR count). The van der Waals surface area contributed by atoms with Gasteiger partial charge in [-0.15, -0.1) is 0 Å². The van der Waals surface area contributed by atoms with E-state index in [2.05, 4.69) is 0 Å². The van der Waals surface area contributed by atoms with Crippen LogP contribution in [-0.2, 0) is 10.1 Å². The molecule has 0 aromatic carbocycles. The molecule has 0 aromatic heterocycles. The van der Waals surface area contributed by atoms with E-state index in [0.717, 1.165) is 0 Å². The van der Waals surface area contributed by atoms with E-state index in [-0.39, 0.29) is 47.5 Å². The minimum absolute atomic E-state index is 0. The average molecular weight is 250 g/mol. The second-order valence-corrected chi connectivity index (χ2v) is 2.61. The molecule has 0 aliphatic rings. The zero-order chi connectivity index (χ0) is 5.21. The topological polar surface area (TPSA) is 54.4 Å². The minimum atomic E-state index is -3.66. The van der Waals surface area contributed by atoms with E-state index >= 15 is 0 Å². The Morgan fingerprint density at radius 2 is 1.71 bits per heavy atom. The normalized spacial score (nSPS) is 10.0. The predicted molar refractivity (Wildman–Crippen MR) is 22.1 cm³/mol. The van der Waals surface area contributed by atoms with E-state index in [1.165, 1.54) is 6.92 Å². The molecule has 0 bridgehead atoms. The van der Waals surface area contributed by atoms with Crippen LogP contribution in [-0.4, -0.2) is 18.7 Å². The first-order valence-corrected chi connectivity index (χ1v) is 3.12. The third kappa shape index (κ3) is 11.1. The van der Waals surface area contributed by atoms with Gasteiger partial charge >= 0.3 is 0 Å². The van der Waals surface area contributed by atoms with E-state index in [0.29, 0.717) is 0 Å². The maximum absolute atomic E-state index is 9.56. The molecule has 0 saturated carbocycles. The fraction of sp³-hybridized carbons (Fsp3) is 1.00. The third-order valence-electron chi connectivity index (χ3n) is 0.365. The largest absolute Gasteiger partial charge is 0.286 e. The predicted octanol–water partition coefficient (Wildman–Crippen LogP) is -0.106. The van der Waals surface area contributed by atoms with Gasteiger partial charge in [-0.25, -0.2) is 0 Å². The molecule has 0 amide bonds. The molecule has 0 aromatic rings. The fourth-order valence-corrected chi connectivity index (χ4v) is 0. The summed E-state index contributed by atoms with van der Waals surface area (Å²) in [6.45, 7) is 1.37. The molecule has 0 radical (unpaired) electrons. The molecule has 0 atom stereocenters.